The van der Waals surface area contributed by atoms with E-state index in [0.29, 0.717) is 46.2 Å². The quantitative estimate of drug-likeness (QED) is 0.424. The number of anilines is 2. The van der Waals surface area contributed by atoms with E-state index >= 15 is 0 Å². The molecule has 1 aromatic heterocycles. The van der Waals surface area contributed by atoms with E-state index < -0.39 is 5.63 Å². The Labute approximate surface area is 195 Å². The van der Waals surface area contributed by atoms with Gasteiger partial charge in [0.05, 0.1) is 29.5 Å². The van der Waals surface area contributed by atoms with Crippen molar-refractivity contribution in [2.75, 3.05) is 36.5 Å². The topological polar surface area (TPSA) is 71.8 Å². The molecule has 0 aliphatic carbocycles. The number of para-hydroxylation sites is 1. The van der Waals surface area contributed by atoms with Gasteiger partial charge >= 0.3 is 5.63 Å². The number of carbonyl (C=O) groups is 1. The molecular weight excluding hydrogens is 440 g/mol. The minimum atomic E-state index is -0.447. The van der Waals surface area contributed by atoms with E-state index in [-0.39, 0.29) is 5.91 Å². The van der Waals surface area contributed by atoms with Crippen LogP contribution in [0.1, 0.15) is 10.4 Å². The molecule has 1 saturated heterocycles. The maximum atomic E-state index is 12.9. The predicted octanol–water partition coefficient (Wildman–Crippen LogP) is 5.20. The fraction of sp³-hybridized carbons (Fsp3) is 0.154. The Morgan fingerprint density at radius 1 is 0.939 bits per heavy atom. The van der Waals surface area contributed by atoms with Gasteiger partial charge in [-0.1, -0.05) is 41.9 Å². The minimum absolute atomic E-state index is 0.294. The van der Waals surface area contributed by atoms with Crippen molar-refractivity contribution < 1.29 is 13.9 Å². The summed E-state index contributed by atoms with van der Waals surface area (Å²) in [5, 5.41) is 4.27. The second-order valence-corrected chi connectivity index (χ2v) is 8.19. The van der Waals surface area contributed by atoms with E-state index in [2.05, 4.69) is 10.2 Å². The lowest BCUT2D eigenvalue weighted by Gasteiger charge is -2.29. The van der Waals surface area contributed by atoms with Gasteiger partial charge in [0.2, 0.25) is 0 Å². The van der Waals surface area contributed by atoms with Crippen LogP contribution in [0.5, 0.6) is 0 Å². The van der Waals surface area contributed by atoms with Crippen LogP contribution in [0.25, 0.3) is 22.1 Å². The standard InChI is InChI=1S/C26H21ClN2O4/c27-22-16-20(8-9-23(22)29-10-12-32-13-11-29)28-25(30)19-6-3-5-17(14-19)21-15-18-4-1-2-7-24(18)33-26(21)31/h1-9,14-16H,10-13H2,(H,28,30). The van der Waals surface area contributed by atoms with E-state index in [9.17, 15) is 9.59 Å². The molecule has 1 amide bonds. The molecule has 0 saturated carbocycles. The third-order valence-electron chi connectivity index (χ3n) is 5.63. The molecule has 1 fully saturated rings. The van der Waals surface area contributed by atoms with Crippen molar-refractivity contribution in [1.82, 2.24) is 0 Å². The first-order valence-corrected chi connectivity index (χ1v) is 11.0. The summed E-state index contributed by atoms with van der Waals surface area (Å²) < 4.78 is 10.8. The minimum Gasteiger partial charge on any atom is -0.422 e. The average molecular weight is 461 g/mol. The number of benzene rings is 3. The van der Waals surface area contributed by atoms with Gasteiger partial charge in [-0.15, -0.1) is 0 Å². The lowest BCUT2D eigenvalue weighted by Crippen LogP contribution is -2.36. The molecule has 0 atom stereocenters. The molecule has 0 unspecified atom stereocenters. The van der Waals surface area contributed by atoms with Gasteiger partial charge in [-0.25, -0.2) is 4.79 Å². The second-order valence-electron chi connectivity index (χ2n) is 7.79. The van der Waals surface area contributed by atoms with E-state index in [1.165, 1.54) is 0 Å². The van der Waals surface area contributed by atoms with Crippen molar-refractivity contribution in [3.05, 3.63) is 93.8 Å². The number of carbonyl (C=O) groups excluding carboxylic acids is 1. The van der Waals surface area contributed by atoms with Crippen LogP contribution in [0.15, 0.2) is 82.0 Å². The van der Waals surface area contributed by atoms with Crippen LogP contribution in [0, 0.1) is 0 Å². The zero-order valence-corrected chi connectivity index (χ0v) is 18.5. The second kappa shape index (κ2) is 9.10. The number of rotatable bonds is 4. The summed E-state index contributed by atoms with van der Waals surface area (Å²) in [4.78, 5) is 27.6. The molecule has 166 valence electrons. The number of amides is 1. The fourth-order valence-corrected chi connectivity index (χ4v) is 4.24. The van der Waals surface area contributed by atoms with Crippen LogP contribution in [-0.4, -0.2) is 32.2 Å². The van der Waals surface area contributed by atoms with Crippen molar-refractivity contribution in [2.24, 2.45) is 0 Å². The van der Waals surface area contributed by atoms with Gasteiger partial charge in [-0.05, 0) is 48.0 Å². The van der Waals surface area contributed by atoms with Crippen molar-refractivity contribution in [3.8, 4) is 11.1 Å². The number of nitrogens with zero attached hydrogens (tertiary/aromatic N) is 1. The third kappa shape index (κ3) is 4.49. The lowest BCUT2D eigenvalue weighted by atomic mass is 10.0. The van der Waals surface area contributed by atoms with E-state index in [1.54, 1.807) is 42.5 Å². The van der Waals surface area contributed by atoms with Gasteiger partial charge in [-0.3, -0.25) is 4.79 Å². The first-order valence-electron chi connectivity index (χ1n) is 10.7. The molecule has 4 aromatic rings. The van der Waals surface area contributed by atoms with Crippen LogP contribution < -0.4 is 15.8 Å². The summed E-state index contributed by atoms with van der Waals surface area (Å²) in [5.41, 5.74) is 3.03. The molecule has 1 aliphatic heterocycles. The number of fused-ring (bicyclic) bond motifs is 1. The van der Waals surface area contributed by atoms with Gasteiger partial charge in [0, 0.05) is 29.7 Å². The van der Waals surface area contributed by atoms with Gasteiger partial charge in [0.15, 0.2) is 0 Å². The van der Waals surface area contributed by atoms with Crippen LogP contribution in [0.2, 0.25) is 5.02 Å². The Balaban J connectivity index is 1.38. The van der Waals surface area contributed by atoms with Crippen LogP contribution >= 0.6 is 11.6 Å². The third-order valence-corrected chi connectivity index (χ3v) is 5.94. The van der Waals surface area contributed by atoms with Crippen LogP contribution in [0.3, 0.4) is 0 Å². The van der Waals surface area contributed by atoms with Crippen molar-refractivity contribution in [3.63, 3.8) is 0 Å². The Kier molecular flexibility index (Phi) is 5.86. The Bertz CT molecular complexity index is 1390. The first-order chi connectivity index (χ1) is 16.1. The highest BCUT2D eigenvalue weighted by Crippen LogP contribution is 2.30. The predicted molar refractivity (Wildman–Crippen MR) is 130 cm³/mol. The SMILES string of the molecule is O=C(Nc1ccc(N2CCOCC2)c(Cl)c1)c1cccc(-c2cc3ccccc3oc2=O)c1. The average Bonchev–Trinajstić information content (AvgIpc) is 2.84. The molecule has 0 radical (unpaired) electrons. The lowest BCUT2D eigenvalue weighted by molar-refractivity contribution is 0.102. The van der Waals surface area contributed by atoms with E-state index in [4.69, 9.17) is 20.8 Å². The van der Waals surface area contributed by atoms with Gasteiger partial charge in [-0.2, -0.15) is 0 Å². The highest BCUT2D eigenvalue weighted by molar-refractivity contribution is 6.33. The fourth-order valence-electron chi connectivity index (χ4n) is 3.94. The number of ether oxygens (including phenoxy) is 1. The van der Waals surface area contributed by atoms with Gasteiger partial charge in [0.1, 0.15) is 5.58 Å². The van der Waals surface area contributed by atoms with E-state index in [1.807, 2.05) is 30.3 Å². The van der Waals surface area contributed by atoms with E-state index in [0.717, 1.165) is 24.2 Å². The summed E-state index contributed by atoms with van der Waals surface area (Å²) >= 11 is 6.48. The zero-order chi connectivity index (χ0) is 22.8. The molecule has 7 heteroatoms. The molecule has 6 nitrogen and oxygen atoms in total. The number of hydrogen-bond donors (Lipinski definition) is 1. The molecule has 3 aromatic carbocycles. The zero-order valence-electron chi connectivity index (χ0n) is 17.7. The molecule has 1 N–H and O–H groups in total. The monoisotopic (exact) mass is 460 g/mol. The smallest absolute Gasteiger partial charge is 0.344 e. The number of hydrogen-bond acceptors (Lipinski definition) is 5. The number of morpholine rings is 1. The summed E-state index contributed by atoms with van der Waals surface area (Å²) in [7, 11) is 0. The molecule has 5 rings (SSSR count). The maximum absolute atomic E-state index is 12.9. The molecule has 0 bridgehead atoms. The summed E-state index contributed by atoms with van der Waals surface area (Å²) in [5.74, 6) is -0.294. The normalized spacial score (nSPS) is 13.8. The van der Waals surface area contributed by atoms with Crippen LogP contribution in [0.4, 0.5) is 11.4 Å². The Morgan fingerprint density at radius 3 is 2.58 bits per heavy atom. The van der Waals surface area contributed by atoms with Crippen molar-refractivity contribution >= 4 is 39.9 Å². The molecular formula is C26H21ClN2O4. The molecule has 1 aliphatic rings. The summed E-state index contributed by atoms with van der Waals surface area (Å²) in [6.45, 7) is 2.89. The largest absolute Gasteiger partial charge is 0.422 e. The number of nitrogens with one attached hydrogen (secondary N) is 1. The Morgan fingerprint density at radius 2 is 1.76 bits per heavy atom. The first kappa shape index (κ1) is 21.2. The molecule has 33 heavy (non-hydrogen) atoms. The molecule has 0 spiro atoms. The molecule has 2 heterocycles. The maximum Gasteiger partial charge on any atom is 0.344 e. The highest BCUT2D eigenvalue weighted by Gasteiger charge is 2.16. The van der Waals surface area contributed by atoms with Gasteiger partial charge in [0.25, 0.3) is 5.91 Å². The summed E-state index contributed by atoms with van der Waals surface area (Å²) in [6.07, 6.45) is 0. The van der Waals surface area contributed by atoms with Gasteiger partial charge < -0.3 is 19.4 Å². The van der Waals surface area contributed by atoms with Crippen LogP contribution in [-0.2, 0) is 4.74 Å². The summed E-state index contributed by atoms with van der Waals surface area (Å²) in [6, 6.07) is 21.5. The number of halogens is 1. The highest BCUT2D eigenvalue weighted by atomic mass is 35.5. The Hall–Kier alpha value is -3.61. The van der Waals surface area contributed by atoms with Crippen molar-refractivity contribution in [2.45, 2.75) is 0 Å². The van der Waals surface area contributed by atoms with Crippen molar-refractivity contribution in [1.29, 1.82) is 0 Å².